The van der Waals surface area contributed by atoms with E-state index in [-0.39, 0.29) is 17.6 Å². The van der Waals surface area contributed by atoms with E-state index < -0.39 is 5.91 Å². The standard InChI is InChI=1S/C18H20N6O2/c1-11-16(24-9-5-3-7-15(24)20-11)18(26)23-8-4-2-6-14(23)12-10-13(17(19)25)22-21-12/h3,5,7,9-10,14H,2,4,6,8H2,1H3,(H2,19,25)(H,21,22). The molecule has 1 aliphatic heterocycles. The number of amides is 2. The highest BCUT2D eigenvalue weighted by molar-refractivity contribution is 5.95. The van der Waals surface area contributed by atoms with Gasteiger partial charge in [-0.3, -0.25) is 19.1 Å². The zero-order valence-electron chi connectivity index (χ0n) is 14.5. The van der Waals surface area contributed by atoms with E-state index in [2.05, 4.69) is 15.2 Å². The number of fused-ring (bicyclic) bond motifs is 1. The van der Waals surface area contributed by atoms with Gasteiger partial charge in [0.15, 0.2) is 0 Å². The van der Waals surface area contributed by atoms with E-state index in [1.54, 1.807) is 6.07 Å². The summed E-state index contributed by atoms with van der Waals surface area (Å²) in [5.41, 5.74) is 8.24. The van der Waals surface area contributed by atoms with E-state index in [1.165, 1.54) is 0 Å². The molecule has 1 fully saturated rings. The molecule has 3 aromatic rings. The minimum atomic E-state index is -0.584. The van der Waals surface area contributed by atoms with Crippen LogP contribution in [-0.2, 0) is 0 Å². The van der Waals surface area contributed by atoms with Crippen LogP contribution in [0.1, 0.15) is 57.7 Å². The largest absolute Gasteiger partial charge is 0.364 e. The summed E-state index contributed by atoms with van der Waals surface area (Å²) in [6.45, 7) is 2.49. The maximum absolute atomic E-state index is 13.4. The fourth-order valence-electron chi connectivity index (χ4n) is 3.64. The molecule has 1 aliphatic rings. The zero-order chi connectivity index (χ0) is 18.3. The molecule has 134 valence electrons. The Labute approximate surface area is 150 Å². The van der Waals surface area contributed by atoms with E-state index in [0.29, 0.717) is 17.9 Å². The fourth-order valence-corrected chi connectivity index (χ4v) is 3.64. The average Bonchev–Trinajstić information content (AvgIpc) is 3.25. The van der Waals surface area contributed by atoms with Gasteiger partial charge in [-0.15, -0.1) is 0 Å². The lowest BCUT2D eigenvalue weighted by molar-refractivity contribution is 0.0598. The van der Waals surface area contributed by atoms with E-state index >= 15 is 0 Å². The number of likely N-dealkylation sites (tertiary alicyclic amines) is 1. The molecule has 1 atom stereocenters. The smallest absolute Gasteiger partial charge is 0.273 e. The quantitative estimate of drug-likeness (QED) is 0.749. The zero-order valence-corrected chi connectivity index (χ0v) is 14.5. The normalized spacial score (nSPS) is 17.6. The molecule has 0 spiro atoms. The third-order valence-electron chi connectivity index (χ3n) is 4.88. The first-order valence-electron chi connectivity index (χ1n) is 8.66. The predicted octanol–water partition coefficient (Wildman–Crippen LogP) is 1.83. The Kier molecular flexibility index (Phi) is 3.95. The van der Waals surface area contributed by atoms with Crippen LogP contribution < -0.4 is 5.73 Å². The maximum Gasteiger partial charge on any atom is 0.273 e. The van der Waals surface area contributed by atoms with E-state index in [9.17, 15) is 9.59 Å². The number of rotatable bonds is 3. The van der Waals surface area contributed by atoms with Gasteiger partial charge in [0, 0.05) is 12.7 Å². The molecule has 8 nitrogen and oxygen atoms in total. The van der Waals surface area contributed by atoms with Crippen LogP contribution in [0.3, 0.4) is 0 Å². The summed E-state index contributed by atoms with van der Waals surface area (Å²) < 4.78 is 1.82. The number of hydrogen-bond acceptors (Lipinski definition) is 4. The molecule has 0 radical (unpaired) electrons. The van der Waals surface area contributed by atoms with Gasteiger partial charge in [-0.2, -0.15) is 5.10 Å². The molecule has 1 saturated heterocycles. The third kappa shape index (κ3) is 2.63. The minimum Gasteiger partial charge on any atom is -0.364 e. The summed E-state index contributed by atoms with van der Waals surface area (Å²) in [5.74, 6) is -0.653. The monoisotopic (exact) mass is 352 g/mol. The number of nitrogens with two attached hydrogens (primary N) is 1. The highest BCUT2D eigenvalue weighted by atomic mass is 16.2. The van der Waals surface area contributed by atoms with Crippen molar-refractivity contribution in [1.82, 2.24) is 24.5 Å². The number of nitrogens with one attached hydrogen (secondary N) is 1. The molecule has 4 rings (SSSR count). The van der Waals surface area contributed by atoms with Crippen LogP contribution >= 0.6 is 0 Å². The van der Waals surface area contributed by atoms with Crippen molar-refractivity contribution in [2.45, 2.75) is 32.2 Å². The molecule has 0 saturated carbocycles. The summed E-state index contributed by atoms with van der Waals surface area (Å²) in [7, 11) is 0. The Hall–Kier alpha value is -3.16. The molecule has 4 heterocycles. The van der Waals surface area contributed by atoms with Gasteiger partial charge in [-0.05, 0) is 44.4 Å². The number of hydrogen-bond donors (Lipinski definition) is 2. The molecular weight excluding hydrogens is 332 g/mol. The molecule has 8 heteroatoms. The lowest BCUT2D eigenvalue weighted by Gasteiger charge is -2.35. The van der Waals surface area contributed by atoms with Crippen molar-refractivity contribution >= 4 is 17.5 Å². The van der Waals surface area contributed by atoms with Crippen LogP contribution in [0.5, 0.6) is 0 Å². The van der Waals surface area contributed by atoms with Crippen molar-refractivity contribution in [3.8, 4) is 0 Å². The van der Waals surface area contributed by atoms with Crippen LogP contribution in [0, 0.1) is 6.92 Å². The van der Waals surface area contributed by atoms with Gasteiger partial charge < -0.3 is 10.6 Å². The maximum atomic E-state index is 13.4. The molecular formula is C18H20N6O2. The number of aryl methyl sites for hydroxylation is 1. The second kappa shape index (κ2) is 6.29. The van der Waals surface area contributed by atoms with Gasteiger partial charge in [0.2, 0.25) is 0 Å². The number of pyridine rings is 1. The lowest BCUT2D eigenvalue weighted by atomic mass is 9.98. The number of imidazole rings is 1. The second-order valence-electron chi connectivity index (χ2n) is 6.56. The first kappa shape index (κ1) is 16.3. The van der Waals surface area contributed by atoms with Gasteiger partial charge in [-0.25, -0.2) is 4.98 Å². The van der Waals surface area contributed by atoms with Crippen LogP contribution in [0.4, 0.5) is 0 Å². The van der Waals surface area contributed by atoms with Crippen LogP contribution in [0.2, 0.25) is 0 Å². The number of H-pyrrole nitrogens is 1. The highest BCUT2D eigenvalue weighted by Crippen LogP contribution is 2.32. The van der Waals surface area contributed by atoms with Crippen molar-refractivity contribution in [3.05, 3.63) is 53.2 Å². The SMILES string of the molecule is Cc1nc2ccccn2c1C(=O)N1CCCCC1c1cc(C(N)=O)n[nH]1. The molecule has 0 bridgehead atoms. The van der Waals surface area contributed by atoms with E-state index in [1.807, 2.05) is 40.6 Å². The Bertz CT molecular complexity index is 989. The van der Waals surface area contributed by atoms with Crippen LogP contribution in [0.15, 0.2) is 30.5 Å². The van der Waals surface area contributed by atoms with Gasteiger partial charge in [0.25, 0.3) is 11.8 Å². The van der Waals surface area contributed by atoms with Crippen molar-refractivity contribution in [1.29, 1.82) is 0 Å². The summed E-state index contributed by atoms with van der Waals surface area (Å²) in [6.07, 6.45) is 4.60. The first-order chi connectivity index (χ1) is 12.6. The summed E-state index contributed by atoms with van der Waals surface area (Å²) in [4.78, 5) is 31.0. The van der Waals surface area contributed by atoms with E-state index in [0.717, 1.165) is 30.6 Å². The number of piperidine rings is 1. The van der Waals surface area contributed by atoms with Crippen molar-refractivity contribution in [2.24, 2.45) is 5.73 Å². The number of primary amides is 1. The molecule has 3 N–H and O–H groups in total. The molecule has 26 heavy (non-hydrogen) atoms. The second-order valence-corrected chi connectivity index (χ2v) is 6.56. The van der Waals surface area contributed by atoms with Crippen molar-refractivity contribution in [2.75, 3.05) is 6.54 Å². The Morgan fingerprint density at radius 2 is 2.15 bits per heavy atom. The number of aromatic nitrogens is 4. The molecule has 0 aliphatic carbocycles. The summed E-state index contributed by atoms with van der Waals surface area (Å²) in [6, 6.07) is 7.14. The van der Waals surface area contributed by atoms with Crippen LogP contribution in [0.25, 0.3) is 5.65 Å². The molecule has 3 aromatic heterocycles. The minimum absolute atomic E-state index is 0.0684. The molecule has 0 aromatic carbocycles. The average molecular weight is 352 g/mol. The first-order valence-corrected chi connectivity index (χ1v) is 8.66. The predicted molar refractivity (Wildman–Crippen MR) is 94.7 cm³/mol. The van der Waals surface area contributed by atoms with Gasteiger partial charge in [0.1, 0.15) is 17.0 Å². The Morgan fingerprint density at radius 1 is 1.31 bits per heavy atom. The highest BCUT2D eigenvalue weighted by Gasteiger charge is 2.32. The molecule has 1 unspecified atom stereocenters. The topological polar surface area (TPSA) is 109 Å². The summed E-state index contributed by atoms with van der Waals surface area (Å²) >= 11 is 0. The Morgan fingerprint density at radius 3 is 2.92 bits per heavy atom. The molecule has 2 amide bonds. The lowest BCUT2D eigenvalue weighted by Crippen LogP contribution is -2.39. The van der Waals surface area contributed by atoms with E-state index in [4.69, 9.17) is 5.73 Å². The Balaban J connectivity index is 1.72. The number of carbonyl (C=O) groups excluding carboxylic acids is 2. The van der Waals surface area contributed by atoms with Crippen molar-refractivity contribution < 1.29 is 9.59 Å². The van der Waals surface area contributed by atoms with Crippen molar-refractivity contribution in [3.63, 3.8) is 0 Å². The number of nitrogens with zero attached hydrogens (tertiary/aromatic N) is 4. The van der Waals surface area contributed by atoms with Gasteiger partial charge in [0.05, 0.1) is 17.4 Å². The van der Waals surface area contributed by atoms with Gasteiger partial charge >= 0.3 is 0 Å². The number of aromatic amines is 1. The number of carbonyl (C=O) groups is 2. The fraction of sp³-hybridized carbons (Fsp3) is 0.333. The third-order valence-corrected chi connectivity index (χ3v) is 4.88. The summed E-state index contributed by atoms with van der Waals surface area (Å²) in [5, 5.41) is 6.83. The van der Waals surface area contributed by atoms with Gasteiger partial charge in [-0.1, -0.05) is 6.07 Å². The van der Waals surface area contributed by atoms with Crippen LogP contribution in [-0.4, -0.2) is 42.8 Å².